The lowest BCUT2D eigenvalue weighted by Gasteiger charge is -2.64. The number of aliphatic hydroxyl groups is 3. The summed E-state index contributed by atoms with van der Waals surface area (Å²) in [5.41, 5.74) is -2.94. The van der Waals surface area contributed by atoms with Crippen LogP contribution >= 0.6 is 11.6 Å². The molecule has 0 heterocycles. The van der Waals surface area contributed by atoms with Crippen molar-refractivity contribution in [1.82, 2.24) is 0 Å². The van der Waals surface area contributed by atoms with Crippen molar-refractivity contribution < 1.29 is 34.8 Å². The summed E-state index contributed by atoms with van der Waals surface area (Å²) in [4.78, 5) is 35.1. The number of carboxylic acids is 1. The number of allylic oxidation sites excluding steroid dienone is 4. The molecule has 4 aliphatic carbocycles. The van der Waals surface area contributed by atoms with E-state index in [0.29, 0.717) is 19.3 Å². The fraction of sp³-hybridized carbons (Fsp3) is 0.708. The Bertz CT molecular complexity index is 943. The molecule has 4 rings (SSSR count). The summed E-state index contributed by atoms with van der Waals surface area (Å²) in [5.74, 6) is -3.37. The van der Waals surface area contributed by atoms with Crippen molar-refractivity contribution in [3.63, 3.8) is 0 Å². The summed E-state index contributed by atoms with van der Waals surface area (Å²) in [7, 11) is 0. The number of carbonyl (C=O) groups excluding carboxylic acids is 2. The maximum absolute atomic E-state index is 13.2. The standard InChI is InChI=1S/C24H31ClO7/c1-12-8-16-15-5-4-13-9-14(26)6-7-21(13,2)23(15,25)18(28)11-22(16,3)24(12,32)20(31)17(27)10-19(29)30/h6-7,9,12,15-18,27-28,32H,4-5,8,10-11H2,1-3H3,(H,29,30)/t12?,15-,16-,17?,18?,21-,22-,23-,24-/m0/s1. The van der Waals surface area contributed by atoms with Crippen LogP contribution in [-0.2, 0) is 14.4 Å². The highest BCUT2D eigenvalue weighted by atomic mass is 35.5. The van der Waals surface area contributed by atoms with Crippen molar-refractivity contribution in [3.8, 4) is 0 Å². The highest BCUT2D eigenvalue weighted by Gasteiger charge is 2.75. The van der Waals surface area contributed by atoms with E-state index in [4.69, 9.17) is 16.7 Å². The van der Waals surface area contributed by atoms with E-state index in [2.05, 4.69) is 0 Å². The van der Waals surface area contributed by atoms with Crippen molar-refractivity contribution in [1.29, 1.82) is 0 Å². The van der Waals surface area contributed by atoms with Gasteiger partial charge in [0.1, 0.15) is 11.7 Å². The number of carboxylic acid groups (broad SMARTS) is 1. The number of hydrogen-bond acceptors (Lipinski definition) is 6. The topological polar surface area (TPSA) is 132 Å². The largest absolute Gasteiger partial charge is 0.481 e. The summed E-state index contributed by atoms with van der Waals surface area (Å²) in [6.45, 7) is 5.41. The van der Waals surface area contributed by atoms with E-state index in [1.165, 1.54) is 6.08 Å². The third-order valence-corrected chi connectivity index (χ3v) is 10.2. The molecule has 0 radical (unpaired) electrons. The van der Waals surface area contributed by atoms with E-state index in [1.807, 2.05) is 6.92 Å². The second-order valence-corrected chi connectivity index (χ2v) is 11.3. The maximum atomic E-state index is 13.2. The van der Waals surface area contributed by atoms with Gasteiger partial charge in [-0.05, 0) is 55.6 Å². The van der Waals surface area contributed by atoms with Gasteiger partial charge in [0.2, 0.25) is 0 Å². The number of fused-ring (bicyclic) bond motifs is 5. The van der Waals surface area contributed by atoms with Crippen LogP contribution in [0.3, 0.4) is 0 Å². The molecule has 0 amide bonds. The van der Waals surface area contributed by atoms with E-state index >= 15 is 0 Å². The summed E-state index contributed by atoms with van der Waals surface area (Å²) in [6, 6.07) is 0. The van der Waals surface area contributed by atoms with Crippen molar-refractivity contribution in [3.05, 3.63) is 23.8 Å². The summed E-state index contributed by atoms with van der Waals surface area (Å²) >= 11 is 7.32. The van der Waals surface area contributed by atoms with Gasteiger partial charge in [0.15, 0.2) is 11.6 Å². The van der Waals surface area contributed by atoms with E-state index in [1.54, 1.807) is 26.0 Å². The van der Waals surface area contributed by atoms with Crippen LogP contribution in [0.2, 0.25) is 0 Å². The molecule has 3 unspecified atom stereocenters. The third-order valence-electron chi connectivity index (χ3n) is 9.27. The molecule has 0 aromatic rings. The first kappa shape index (κ1) is 23.6. The molecule has 7 nitrogen and oxygen atoms in total. The Morgan fingerprint density at radius 1 is 1.28 bits per heavy atom. The molecule has 0 bridgehead atoms. The van der Waals surface area contributed by atoms with Crippen LogP contribution in [0, 0.1) is 28.6 Å². The van der Waals surface area contributed by atoms with Gasteiger partial charge in [0, 0.05) is 10.8 Å². The van der Waals surface area contributed by atoms with Crippen molar-refractivity contribution >= 4 is 29.1 Å². The molecule has 4 N–H and O–H groups in total. The molecule has 0 aromatic heterocycles. The highest BCUT2D eigenvalue weighted by molar-refractivity contribution is 6.26. The quantitative estimate of drug-likeness (QED) is 0.466. The number of halogens is 1. The fourth-order valence-electron chi connectivity index (χ4n) is 7.58. The average Bonchev–Trinajstić information content (AvgIpc) is 2.90. The Morgan fingerprint density at radius 3 is 2.56 bits per heavy atom. The minimum Gasteiger partial charge on any atom is -0.481 e. The van der Waals surface area contributed by atoms with Gasteiger partial charge in [0.25, 0.3) is 0 Å². The van der Waals surface area contributed by atoms with E-state index in [9.17, 15) is 29.7 Å². The number of hydrogen-bond donors (Lipinski definition) is 4. The third kappa shape index (κ3) is 2.74. The first-order valence-electron chi connectivity index (χ1n) is 11.2. The van der Waals surface area contributed by atoms with Crippen LogP contribution in [0.1, 0.15) is 52.9 Å². The van der Waals surface area contributed by atoms with Gasteiger partial charge in [-0.15, -0.1) is 11.6 Å². The molecule has 0 aromatic carbocycles. The zero-order valence-corrected chi connectivity index (χ0v) is 19.3. The van der Waals surface area contributed by atoms with Crippen LogP contribution < -0.4 is 0 Å². The average molecular weight is 467 g/mol. The minimum absolute atomic E-state index is 0.0225. The second-order valence-electron chi connectivity index (χ2n) is 10.6. The molecule has 3 saturated carbocycles. The van der Waals surface area contributed by atoms with Crippen molar-refractivity contribution in [2.24, 2.45) is 28.6 Å². The SMILES string of the molecule is CC1C[C@H]2[C@@H]3CCC4=CC(=O)C=C[C@]4(C)[C@@]3(Cl)C(O)C[C@]2(C)[C@@]1(O)C(=O)C(O)CC(=O)O. The Labute approximate surface area is 192 Å². The Morgan fingerprint density at radius 2 is 1.94 bits per heavy atom. The fourth-order valence-corrected chi connectivity index (χ4v) is 8.11. The van der Waals surface area contributed by atoms with Gasteiger partial charge in [-0.3, -0.25) is 14.4 Å². The lowest BCUT2D eigenvalue weighted by molar-refractivity contribution is -0.185. The van der Waals surface area contributed by atoms with E-state index in [0.717, 1.165) is 5.57 Å². The normalized spacial score (nSPS) is 48.3. The zero-order chi connectivity index (χ0) is 23.9. The van der Waals surface area contributed by atoms with Crippen molar-refractivity contribution in [2.75, 3.05) is 0 Å². The second kappa shape index (κ2) is 7.23. The number of alkyl halides is 1. The monoisotopic (exact) mass is 466 g/mol. The maximum Gasteiger partial charge on any atom is 0.306 e. The molecule has 0 saturated heterocycles. The first-order valence-corrected chi connectivity index (χ1v) is 11.6. The van der Waals surface area contributed by atoms with E-state index < -0.39 is 57.6 Å². The molecule has 32 heavy (non-hydrogen) atoms. The van der Waals surface area contributed by atoms with Crippen molar-refractivity contribution in [2.45, 2.75) is 75.6 Å². The number of carbonyl (C=O) groups is 3. The zero-order valence-electron chi connectivity index (χ0n) is 18.5. The van der Waals surface area contributed by atoms with Gasteiger partial charge < -0.3 is 20.4 Å². The molecule has 176 valence electrons. The van der Waals surface area contributed by atoms with Crippen LogP contribution in [0.15, 0.2) is 23.8 Å². The van der Waals surface area contributed by atoms with Gasteiger partial charge in [0.05, 0.1) is 17.4 Å². The van der Waals surface area contributed by atoms with Crippen LogP contribution in [0.25, 0.3) is 0 Å². The van der Waals surface area contributed by atoms with Gasteiger partial charge in [-0.2, -0.15) is 0 Å². The van der Waals surface area contributed by atoms with Crippen LogP contribution in [0.4, 0.5) is 0 Å². The van der Waals surface area contributed by atoms with Crippen LogP contribution in [-0.4, -0.2) is 60.6 Å². The summed E-state index contributed by atoms with van der Waals surface area (Å²) < 4.78 is 0. The molecule has 3 fully saturated rings. The van der Waals surface area contributed by atoms with Gasteiger partial charge in [-0.1, -0.05) is 32.4 Å². The summed E-state index contributed by atoms with van der Waals surface area (Å²) in [6.07, 6.45) is 2.84. The number of ketones is 2. The van der Waals surface area contributed by atoms with Gasteiger partial charge >= 0.3 is 5.97 Å². The smallest absolute Gasteiger partial charge is 0.306 e. The number of aliphatic carboxylic acids is 1. The van der Waals surface area contributed by atoms with Gasteiger partial charge in [-0.25, -0.2) is 0 Å². The molecule has 0 aliphatic heterocycles. The Balaban J connectivity index is 1.77. The Kier molecular flexibility index (Phi) is 5.33. The molecule has 8 heteroatoms. The number of rotatable bonds is 4. The predicted octanol–water partition coefficient (Wildman–Crippen LogP) is 2.01. The molecule has 0 spiro atoms. The molecule has 4 aliphatic rings. The van der Waals surface area contributed by atoms with E-state index in [-0.39, 0.29) is 24.0 Å². The lowest BCUT2D eigenvalue weighted by Crippen LogP contribution is -2.69. The minimum atomic E-state index is -1.98. The summed E-state index contributed by atoms with van der Waals surface area (Å²) in [5, 5.41) is 42.5. The first-order chi connectivity index (χ1) is 14.7. The predicted molar refractivity (Wildman–Crippen MR) is 116 cm³/mol. The Hall–Kier alpha value is -1.54. The molecule has 9 atom stereocenters. The van der Waals surface area contributed by atoms with Crippen LogP contribution in [0.5, 0.6) is 0 Å². The number of aliphatic hydroxyl groups excluding tert-OH is 2. The molecular weight excluding hydrogens is 436 g/mol. The molecular formula is C24H31ClO7. The highest BCUT2D eigenvalue weighted by Crippen LogP contribution is 2.71. The lowest BCUT2D eigenvalue weighted by atomic mass is 9.45. The number of Topliss-reactive ketones (excluding diaryl/α,β-unsaturated/α-hetero) is 1.